The summed E-state index contributed by atoms with van der Waals surface area (Å²) in [5.74, 6) is 0. The van der Waals surface area contributed by atoms with Gasteiger partial charge in [-0.15, -0.1) is 0 Å². The Bertz CT molecular complexity index is 106. The van der Waals surface area contributed by atoms with E-state index in [9.17, 15) is 0 Å². The number of nitrogens with one attached hydrogen (secondary N) is 1. The summed E-state index contributed by atoms with van der Waals surface area (Å²) in [5, 5.41) is 3.36. The quantitative estimate of drug-likeness (QED) is 0.607. The Labute approximate surface area is 63.2 Å². The SMILES string of the molecule is C[C@@H](N)CNCC1(C)CC1. The van der Waals surface area contributed by atoms with E-state index in [1.54, 1.807) is 0 Å². The first-order chi connectivity index (χ1) is 4.62. The van der Waals surface area contributed by atoms with Crippen molar-refractivity contribution in [2.24, 2.45) is 11.1 Å². The Hall–Kier alpha value is -0.0800. The van der Waals surface area contributed by atoms with E-state index < -0.39 is 0 Å². The van der Waals surface area contributed by atoms with E-state index in [1.165, 1.54) is 12.8 Å². The Morgan fingerprint density at radius 1 is 1.60 bits per heavy atom. The average molecular weight is 142 g/mol. The highest BCUT2D eigenvalue weighted by molar-refractivity contribution is 4.90. The minimum Gasteiger partial charge on any atom is -0.327 e. The third-order valence-electron chi connectivity index (χ3n) is 2.12. The normalized spacial score (nSPS) is 24.3. The molecule has 1 atom stereocenters. The van der Waals surface area contributed by atoms with Gasteiger partial charge in [0.15, 0.2) is 0 Å². The van der Waals surface area contributed by atoms with Crippen LogP contribution < -0.4 is 11.1 Å². The first-order valence-electron chi connectivity index (χ1n) is 4.09. The number of hydrogen-bond donors (Lipinski definition) is 2. The molecule has 0 aliphatic heterocycles. The van der Waals surface area contributed by atoms with Crippen molar-refractivity contribution in [1.82, 2.24) is 5.32 Å². The van der Waals surface area contributed by atoms with Crippen LogP contribution in [-0.2, 0) is 0 Å². The largest absolute Gasteiger partial charge is 0.327 e. The maximum absolute atomic E-state index is 5.58. The van der Waals surface area contributed by atoms with E-state index in [4.69, 9.17) is 5.73 Å². The van der Waals surface area contributed by atoms with Gasteiger partial charge in [0.2, 0.25) is 0 Å². The molecule has 1 rings (SSSR count). The van der Waals surface area contributed by atoms with E-state index in [0.29, 0.717) is 11.5 Å². The van der Waals surface area contributed by atoms with Crippen LogP contribution in [0.25, 0.3) is 0 Å². The van der Waals surface area contributed by atoms with Crippen molar-refractivity contribution in [1.29, 1.82) is 0 Å². The topological polar surface area (TPSA) is 38.0 Å². The van der Waals surface area contributed by atoms with Gasteiger partial charge in [-0.3, -0.25) is 0 Å². The third-order valence-corrected chi connectivity index (χ3v) is 2.12. The fourth-order valence-electron chi connectivity index (χ4n) is 0.992. The standard InChI is InChI=1S/C8H18N2/c1-7(9)5-10-6-8(2)3-4-8/h7,10H,3-6,9H2,1-2H3/t7-/m1/s1. The number of hydrogen-bond acceptors (Lipinski definition) is 2. The molecule has 2 heteroatoms. The Morgan fingerprint density at radius 3 is 2.60 bits per heavy atom. The molecule has 0 aromatic carbocycles. The van der Waals surface area contributed by atoms with Gasteiger partial charge in [0.05, 0.1) is 0 Å². The molecule has 1 aliphatic carbocycles. The van der Waals surface area contributed by atoms with Gasteiger partial charge in [-0.25, -0.2) is 0 Å². The molecule has 3 N–H and O–H groups in total. The summed E-state index contributed by atoms with van der Waals surface area (Å²) < 4.78 is 0. The molecule has 0 aromatic heterocycles. The van der Waals surface area contributed by atoms with Crippen LogP contribution in [0.2, 0.25) is 0 Å². The molecule has 0 bridgehead atoms. The van der Waals surface area contributed by atoms with Crippen molar-refractivity contribution in [3.8, 4) is 0 Å². The molecule has 0 radical (unpaired) electrons. The number of nitrogens with two attached hydrogens (primary N) is 1. The van der Waals surface area contributed by atoms with Crippen LogP contribution in [0, 0.1) is 5.41 Å². The lowest BCUT2D eigenvalue weighted by molar-refractivity contribution is 0.484. The summed E-state index contributed by atoms with van der Waals surface area (Å²) in [7, 11) is 0. The van der Waals surface area contributed by atoms with E-state index in [-0.39, 0.29) is 0 Å². The molecule has 1 aliphatic rings. The predicted octanol–water partition coefficient (Wildman–Crippen LogP) is 0.723. The van der Waals surface area contributed by atoms with Crippen molar-refractivity contribution in [3.63, 3.8) is 0 Å². The van der Waals surface area contributed by atoms with Crippen molar-refractivity contribution in [2.75, 3.05) is 13.1 Å². The van der Waals surface area contributed by atoms with E-state index in [1.807, 2.05) is 6.92 Å². The van der Waals surface area contributed by atoms with Crippen LogP contribution in [0.3, 0.4) is 0 Å². The molecule has 1 saturated carbocycles. The molecule has 0 saturated heterocycles. The lowest BCUT2D eigenvalue weighted by Crippen LogP contribution is -2.33. The van der Waals surface area contributed by atoms with Crippen LogP contribution in [0.15, 0.2) is 0 Å². The molecule has 1 fully saturated rings. The molecule has 0 unspecified atom stereocenters. The van der Waals surface area contributed by atoms with Crippen LogP contribution in [0.1, 0.15) is 26.7 Å². The van der Waals surface area contributed by atoms with Crippen molar-refractivity contribution >= 4 is 0 Å². The first-order valence-corrected chi connectivity index (χ1v) is 4.09. The van der Waals surface area contributed by atoms with Gasteiger partial charge < -0.3 is 11.1 Å². The molecule has 0 aromatic rings. The van der Waals surface area contributed by atoms with Gasteiger partial charge in [-0.05, 0) is 25.2 Å². The second-order valence-corrected chi connectivity index (χ2v) is 3.92. The second kappa shape index (κ2) is 2.89. The summed E-state index contributed by atoms with van der Waals surface area (Å²) in [6.45, 7) is 6.45. The van der Waals surface area contributed by atoms with Crippen LogP contribution in [0.5, 0.6) is 0 Å². The first kappa shape index (κ1) is 8.02. The molecule has 0 spiro atoms. The molecular weight excluding hydrogens is 124 g/mol. The van der Waals surface area contributed by atoms with Gasteiger partial charge in [-0.1, -0.05) is 6.92 Å². The molecule has 2 nitrogen and oxygen atoms in total. The van der Waals surface area contributed by atoms with Crippen LogP contribution >= 0.6 is 0 Å². The molecule has 10 heavy (non-hydrogen) atoms. The fourth-order valence-corrected chi connectivity index (χ4v) is 0.992. The average Bonchev–Trinajstić information content (AvgIpc) is 2.47. The Morgan fingerprint density at radius 2 is 2.20 bits per heavy atom. The second-order valence-electron chi connectivity index (χ2n) is 3.92. The summed E-state index contributed by atoms with van der Waals surface area (Å²) >= 11 is 0. The maximum atomic E-state index is 5.58. The Kier molecular flexibility index (Phi) is 2.32. The molecule has 0 heterocycles. The molecule has 0 amide bonds. The minimum atomic E-state index is 0.294. The predicted molar refractivity (Wildman–Crippen MR) is 43.9 cm³/mol. The number of rotatable bonds is 4. The summed E-state index contributed by atoms with van der Waals surface area (Å²) in [5.41, 5.74) is 6.20. The van der Waals surface area contributed by atoms with E-state index in [2.05, 4.69) is 12.2 Å². The summed E-state index contributed by atoms with van der Waals surface area (Å²) in [6.07, 6.45) is 2.78. The van der Waals surface area contributed by atoms with E-state index in [0.717, 1.165) is 13.1 Å². The van der Waals surface area contributed by atoms with E-state index >= 15 is 0 Å². The zero-order valence-electron chi connectivity index (χ0n) is 6.98. The minimum absolute atomic E-state index is 0.294. The van der Waals surface area contributed by atoms with Gasteiger partial charge in [0, 0.05) is 19.1 Å². The van der Waals surface area contributed by atoms with Gasteiger partial charge in [-0.2, -0.15) is 0 Å². The lowest BCUT2D eigenvalue weighted by Gasteiger charge is -2.11. The highest BCUT2D eigenvalue weighted by atomic mass is 14.9. The zero-order chi connectivity index (χ0) is 7.61. The summed E-state index contributed by atoms with van der Waals surface area (Å²) in [6, 6.07) is 0.294. The monoisotopic (exact) mass is 142 g/mol. The molecular formula is C8H18N2. The van der Waals surface area contributed by atoms with Gasteiger partial charge >= 0.3 is 0 Å². The summed E-state index contributed by atoms with van der Waals surface area (Å²) in [4.78, 5) is 0. The van der Waals surface area contributed by atoms with Gasteiger partial charge in [0.1, 0.15) is 0 Å². The third kappa shape index (κ3) is 2.67. The maximum Gasteiger partial charge on any atom is 0.0136 e. The van der Waals surface area contributed by atoms with Crippen LogP contribution in [0.4, 0.5) is 0 Å². The van der Waals surface area contributed by atoms with Crippen molar-refractivity contribution in [2.45, 2.75) is 32.7 Å². The zero-order valence-corrected chi connectivity index (χ0v) is 6.98. The highest BCUT2D eigenvalue weighted by Crippen LogP contribution is 2.43. The fraction of sp³-hybridized carbons (Fsp3) is 1.00. The lowest BCUT2D eigenvalue weighted by atomic mass is 10.1. The highest BCUT2D eigenvalue weighted by Gasteiger charge is 2.36. The van der Waals surface area contributed by atoms with Crippen molar-refractivity contribution in [3.05, 3.63) is 0 Å². The van der Waals surface area contributed by atoms with Gasteiger partial charge in [0.25, 0.3) is 0 Å². The smallest absolute Gasteiger partial charge is 0.0136 e. The van der Waals surface area contributed by atoms with Crippen LogP contribution in [-0.4, -0.2) is 19.1 Å². The van der Waals surface area contributed by atoms with Crippen molar-refractivity contribution < 1.29 is 0 Å². The molecule has 60 valence electrons. The Balaban J connectivity index is 1.95.